The first-order valence-electron chi connectivity index (χ1n) is 7.25. The third kappa shape index (κ3) is 2.92. The quantitative estimate of drug-likeness (QED) is 0.701. The van der Waals surface area contributed by atoms with Gasteiger partial charge in [0, 0.05) is 5.56 Å². The third-order valence-corrected chi connectivity index (χ3v) is 6.01. The molecule has 2 aromatic heterocycles. The molecular weight excluding hydrogens is 328 g/mol. The molecule has 0 atom stereocenters. The van der Waals surface area contributed by atoms with Gasteiger partial charge in [-0.15, -0.1) is 21.5 Å². The summed E-state index contributed by atoms with van der Waals surface area (Å²) in [6.07, 6.45) is 1.64. The monoisotopic (exact) mass is 344 g/mol. The maximum Gasteiger partial charge on any atom is 0.160 e. The molecule has 0 aliphatic rings. The molecule has 0 fully saturated rings. The maximum atomic E-state index is 11.0. The van der Waals surface area contributed by atoms with Gasteiger partial charge in [0.1, 0.15) is 10.8 Å². The molecule has 0 amide bonds. The summed E-state index contributed by atoms with van der Waals surface area (Å²) in [4.78, 5) is 12.7. The smallest absolute Gasteiger partial charge is 0.160 e. The van der Waals surface area contributed by atoms with E-state index < -0.39 is 0 Å². The number of nitrogens with zero attached hydrogens (tertiary/aromatic N) is 2. The fraction of sp³-hybridized carbons (Fsp3) is 0.235. The molecule has 2 heterocycles. The number of rotatable bonds is 4. The lowest BCUT2D eigenvalue weighted by Gasteiger charge is -2.07. The summed E-state index contributed by atoms with van der Waals surface area (Å²) in [5.41, 5.74) is 3.67. The molecule has 4 nitrogen and oxygen atoms in total. The molecule has 0 radical (unpaired) electrons. The van der Waals surface area contributed by atoms with Gasteiger partial charge in [0.15, 0.2) is 11.3 Å². The van der Waals surface area contributed by atoms with E-state index in [0.29, 0.717) is 5.75 Å². The number of phenolic OH excluding ortho intramolecular Hbond substituents is 1. The molecular formula is C17H16N2O2S2. The number of carbonyl (C=O) groups is 1. The number of hydrogen-bond donors (Lipinski definition) is 1. The van der Waals surface area contributed by atoms with Gasteiger partial charge in [0.05, 0.1) is 9.75 Å². The Morgan fingerprint density at radius 2 is 1.83 bits per heavy atom. The zero-order valence-corrected chi connectivity index (χ0v) is 14.7. The van der Waals surface area contributed by atoms with Gasteiger partial charge < -0.3 is 5.11 Å². The number of aldehydes is 1. The molecule has 0 spiro atoms. The minimum absolute atomic E-state index is 0.352. The Balaban J connectivity index is 2.02. The molecule has 3 aromatic rings. The molecule has 1 N–H and O–H groups in total. The Morgan fingerprint density at radius 1 is 1.09 bits per heavy atom. The largest absolute Gasteiger partial charge is 0.507 e. The van der Waals surface area contributed by atoms with E-state index >= 15 is 0 Å². The number of phenols is 1. The zero-order chi connectivity index (χ0) is 16.6. The third-order valence-electron chi connectivity index (χ3n) is 3.71. The van der Waals surface area contributed by atoms with Crippen molar-refractivity contribution in [2.45, 2.75) is 27.2 Å². The molecule has 6 heteroatoms. The van der Waals surface area contributed by atoms with Crippen LogP contribution in [0.1, 0.15) is 33.3 Å². The highest BCUT2D eigenvalue weighted by Gasteiger charge is 2.14. The number of aryl methyl sites for hydroxylation is 3. The van der Waals surface area contributed by atoms with Crippen molar-refractivity contribution in [3.63, 3.8) is 0 Å². The number of benzene rings is 1. The first-order valence-corrected chi connectivity index (χ1v) is 8.89. The minimum Gasteiger partial charge on any atom is -0.507 e. The predicted molar refractivity (Wildman–Crippen MR) is 94.6 cm³/mol. The topological polar surface area (TPSA) is 63.1 Å². The van der Waals surface area contributed by atoms with Crippen LogP contribution < -0.4 is 0 Å². The Hall–Kier alpha value is -2.05. The lowest BCUT2D eigenvalue weighted by Crippen LogP contribution is -1.88. The van der Waals surface area contributed by atoms with Crippen LogP contribution in [0.15, 0.2) is 18.2 Å². The van der Waals surface area contributed by atoms with Gasteiger partial charge in [-0.2, -0.15) is 0 Å². The lowest BCUT2D eigenvalue weighted by atomic mass is 10.0. The van der Waals surface area contributed by atoms with Gasteiger partial charge in [-0.1, -0.05) is 18.3 Å². The van der Waals surface area contributed by atoms with Crippen molar-refractivity contribution < 1.29 is 9.90 Å². The average molecular weight is 344 g/mol. The summed E-state index contributed by atoms with van der Waals surface area (Å²) in [5, 5.41) is 20.2. The van der Waals surface area contributed by atoms with Gasteiger partial charge in [-0.3, -0.25) is 4.79 Å². The van der Waals surface area contributed by atoms with Crippen LogP contribution in [-0.4, -0.2) is 21.6 Å². The number of aromatic hydroxyl groups is 1. The van der Waals surface area contributed by atoms with Gasteiger partial charge in [0.25, 0.3) is 0 Å². The first kappa shape index (κ1) is 15.8. The van der Waals surface area contributed by atoms with E-state index in [9.17, 15) is 9.90 Å². The van der Waals surface area contributed by atoms with Gasteiger partial charge in [-0.25, -0.2) is 0 Å². The SMILES string of the molecule is CCc1cc(-c2nnc(-c3cc(C)c(C=O)s3)s2)cc(C)c1O. The molecule has 0 bridgehead atoms. The molecule has 0 aliphatic heterocycles. The van der Waals surface area contributed by atoms with Gasteiger partial charge >= 0.3 is 0 Å². The van der Waals surface area contributed by atoms with Crippen LogP contribution in [0.25, 0.3) is 20.5 Å². The van der Waals surface area contributed by atoms with Crippen molar-refractivity contribution in [1.29, 1.82) is 0 Å². The molecule has 23 heavy (non-hydrogen) atoms. The van der Waals surface area contributed by atoms with Crippen LogP contribution in [0.4, 0.5) is 0 Å². The second-order valence-electron chi connectivity index (χ2n) is 5.34. The van der Waals surface area contributed by atoms with Crippen molar-refractivity contribution >= 4 is 29.0 Å². The average Bonchev–Trinajstić information content (AvgIpc) is 3.16. The Bertz CT molecular complexity index is 881. The zero-order valence-electron chi connectivity index (χ0n) is 13.1. The van der Waals surface area contributed by atoms with E-state index in [1.165, 1.54) is 22.7 Å². The van der Waals surface area contributed by atoms with E-state index in [2.05, 4.69) is 10.2 Å². The lowest BCUT2D eigenvalue weighted by molar-refractivity contribution is 0.112. The Kier molecular flexibility index (Phi) is 4.28. The molecule has 118 valence electrons. The fourth-order valence-corrected chi connectivity index (χ4v) is 4.26. The van der Waals surface area contributed by atoms with Crippen molar-refractivity contribution in [3.8, 4) is 26.2 Å². The van der Waals surface area contributed by atoms with Crippen LogP contribution in [0.5, 0.6) is 5.75 Å². The van der Waals surface area contributed by atoms with Crippen LogP contribution in [0.2, 0.25) is 0 Å². The van der Waals surface area contributed by atoms with E-state index in [1.54, 1.807) is 0 Å². The summed E-state index contributed by atoms with van der Waals surface area (Å²) in [7, 11) is 0. The van der Waals surface area contributed by atoms with E-state index in [0.717, 1.165) is 54.7 Å². The second kappa shape index (κ2) is 6.22. The number of thiophene rings is 1. The standard InChI is InChI=1S/C17H16N2O2S2/c1-4-11-7-12(5-10(3)15(11)21)16-18-19-17(23-16)13-6-9(2)14(8-20)22-13/h5-8,21H,4H2,1-3H3. The van der Waals surface area contributed by atoms with Crippen LogP contribution in [0.3, 0.4) is 0 Å². The number of aromatic nitrogens is 2. The highest BCUT2D eigenvalue weighted by atomic mass is 32.1. The van der Waals surface area contributed by atoms with Gasteiger partial charge in [-0.05, 0) is 55.2 Å². The van der Waals surface area contributed by atoms with Crippen LogP contribution in [-0.2, 0) is 6.42 Å². The van der Waals surface area contributed by atoms with Gasteiger partial charge in [0.2, 0.25) is 0 Å². The molecule has 0 saturated heterocycles. The van der Waals surface area contributed by atoms with Crippen molar-refractivity contribution in [1.82, 2.24) is 10.2 Å². The molecule has 0 unspecified atom stereocenters. The number of carbonyl (C=O) groups excluding carboxylic acids is 1. The normalized spacial score (nSPS) is 10.9. The van der Waals surface area contributed by atoms with E-state index in [4.69, 9.17) is 0 Å². The highest BCUT2D eigenvalue weighted by Crippen LogP contribution is 2.37. The van der Waals surface area contributed by atoms with Crippen molar-refractivity contribution in [3.05, 3.63) is 39.8 Å². The fourth-order valence-electron chi connectivity index (χ4n) is 2.40. The summed E-state index contributed by atoms with van der Waals surface area (Å²) in [5.74, 6) is 0.352. The highest BCUT2D eigenvalue weighted by molar-refractivity contribution is 7.24. The van der Waals surface area contributed by atoms with E-state index in [-0.39, 0.29) is 0 Å². The molecule has 0 saturated carbocycles. The molecule has 0 aliphatic carbocycles. The first-order chi connectivity index (χ1) is 11.0. The van der Waals surface area contributed by atoms with Crippen LogP contribution in [0, 0.1) is 13.8 Å². The van der Waals surface area contributed by atoms with Crippen LogP contribution >= 0.6 is 22.7 Å². The van der Waals surface area contributed by atoms with Crippen molar-refractivity contribution in [2.24, 2.45) is 0 Å². The summed E-state index contributed by atoms with van der Waals surface area (Å²) in [6.45, 7) is 5.82. The number of hydrogen-bond acceptors (Lipinski definition) is 6. The Labute approximate surface area is 142 Å². The van der Waals surface area contributed by atoms with Crippen molar-refractivity contribution in [2.75, 3.05) is 0 Å². The minimum atomic E-state index is 0.352. The van der Waals surface area contributed by atoms with E-state index in [1.807, 2.05) is 39.0 Å². The second-order valence-corrected chi connectivity index (χ2v) is 7.40. The maximum absolute atomic E-state index is 11.0. The molecule has 3 rings (SSSR count). The summed E-state index contributed by atoms with van der Waals surface area (Å²) < 4.78 is 0. The summed E-state index contributed by atoms with van der Waals surface area (Å²) in [6, 6.07) is 5.86. The molecule has 1 aromatic carbocycles. The Morgan fingerprint density at radius 3 is 2.48 bits per heavy atom. The summed E-state index contributed by atoms with van der Waals surface area (Å²) >= 11 is 2.93. The predicted octanol–water partition coefficient (Wildman–Crippen LogP) is 4.63.